The number of nitrogens with one attached hydrogen (secondary N) is 2. The molecule has 2 fully saturated rings. The number of hydrogen-bond acceptors (Lipinski definition) is 5. The van der Waals surface area contributed by atoms with Crippen LogP contribution in [-0.4, -0.2) is 49.0 Å². The minimum Gasteiger partial charge on any atom is -0.355 e. The highest BCUT2D eigenvalue weighted by atomic mass is 16.7. The largest absolute Gasteiger partial charge is 0.355 e. The predicted octanol–water partition coefficient (Wildman–Crippen LogP) is 1.24. The molecule has 2 saturated heterocycles. The van der Waals surface area contributed by atoms with Crippen LogP contribution in [0.3, 0.4) is 0 Å². The van der Waals surface area contributed by atoms with Gasteiger partial charge in [-0.05, 0) is 57.5 Å². The van der Waals surface area contributed by atoms with Crippen molar-refractivity contribution in [1.29, 1.82) is 0 Å². The topological polar surface area (TPSA) is 87.7 Å². The first-order valence-corrected chi connectivity index (χ1v) is 9.45. The van der Waals surface area contributed by atoms with Crippen LogP contribution in [0.25, 0.3) is 0 Å². The third-order valence-corrected chi connectivity index (χ3v) is 5.15. The molecule has 25 heavy (non-hydrogen) atoms. The highest BCUT2D eigenvalue weighted by Crippen LogP contribution is 2.27. The van der Waals surface area contributed by atoms with Crippen LogP contribution in [0, 0.1) is 17.8 Å². The maximum Gasteiger partial charge on any atom is 0.337 e. The van der Waals surface area contributed by atoms with Gasteiger partial charge in [0.05, 0.1) is 12.5 Å². The van der Waals surface area contributed by atoms with Crippen molar-refractivity contribution >= 4 is 17.8 Å². The Bertz CT molecular complexity index is 477. The Morgan fingerprint density at radius 3 is 2.68 bits per heavy atom. The number of piperidine rings is 2. The number of nitrogens with zero attached hydrogens (tertiary/aromatic N) is 1. The summed E-state index contributed by atoms with van der Waals surface area (Å²) in [4.78, 5) is 40.9. The van der Waals surface area contributed by atoms with E-state index in [1.54, 1.807) is 6.92 Å². The van der Waals surface area contributed by atoms with Gasteiger partial charge in [0.1, 0.15) is 0 Å². The number of carbonyl (C=O) groups is 3. The molecule has 0 aliphatic carbocycles. The molecule has 2 atom stereocenters. The van der Waals surface area contributed by atoms with Crippen LogP contribution in [-0.2, 0) is 19.2 Å². The second-order valence-electron chi connectivity index (χ2n) is 7.30. The van der Waals surface area contributed by atoms with Crippen LogP contribution in [0.4, 0.5) is 0 Å². The Labute approximate surface area is 149 Å². The van der Waals surface area contributed by atoms with Crippen molar-refractivity contribution in [3.8, 4) is 0 Å². The third-order valence-electron chi connectivity index (χ3n) is 5.15. The van der Waals surface area contributed by atoms with E-state index in [2.05, 4.69) is 10.6 Å². The number of hydrogen-bond donors (Lipinski definition) is 2. The lowest BCUT2D eigenvalue weighted by Crippen LogP contribution is -2.44. The first-order chi connectivity index (χ1) is 12.0. The Kier molecular flexibility index (Phi) is 7.68. The summed E-state index contributed by atoms with van der Waals surface area (Å²) in [5.74, 6) is -0.549. The maximum absolute atomic E-state index is 12.6. The minimum atomic E-state index is -0.480. The normalized spacial score (nSPS) is 23.2. The van der Waals surface area contributed by atoms with E-state index in [1.807, 2.05) is 0 Å². The molecule has 2 aliphatic rings. The van der Waals surface area contributed by atoms with Gasteiger partial charge in [-0.1, -0.05) is 6.92 Å². The molecule has 0 bridgehead atoms. The summed E-state index contributed by atoms with van der Waals surface area (Å²) in [5, 5.41) is 7.19. The standard InChI is InChI=1S/C18H31N3O4/c1-13(12-20-14(2)22)18(24)25-21-11-3-4-16(17(21)23)6-5-15-7-9-19-10-8-15/h13,15-16,19H,3-12H2,1-2H3,(H,20,22)/t13?,16-/m0/s1. The molecular formula is C18H31N3O4. The van der Waals surface area contributed by atoms with Gasteiger partial charge in [-0.3, -0.25) is 9.59 Å². The molecule has 2 aliphatic heterocycles. The van der Waals surface area contributed by atoms with Crippen molar-refractivity contribution in [2.24, 2.45) is 17.8 Å². The zero-order valence-corrected chi connectivity index (χ0v) is 15.4. The number of carbonyl (C=O) groups excluding carboxylic acids is 3. The molecule has 0 radical (unpaired) electrons. The highest BCUT2D eigenvalue weighted by Gasteiger charge is 2.32. The maximum atomic E-state index is 12.6. The molecule has 0 aromatic heterocycles. The monoisotopic (exact) mass is 353 g/mol. The van der Waals surface area contributed by atoms with Gasteiger partial charge in [0.15, 0.2) is 0 Å². The molecule has 2 N–H and O–H groups in total. The van der Waals surface area contributed by atoms with E-state index in [0.717, 1.165) is 38.8 Å². The SMILES string of the molecule is CC(=O)NCC(C)C(=O)ON1CCC[C@@H](CCC2CCNCC2)C1=O. The Balaban J connectivity index is 1.77. The summed E-state index contributed by atoms with van der Waals surface area (Å²) in [6.45, 7) is 5.90. The second kappa shape index (κ2) is 9.75. The lowest BCUT2D eigenvalue weighted by atomic mass is 9.86. The summed E-state index contributed by atoms with van der Waals surface area (Å²) < 4.78 is 0. The van der Waals surface area contributed by atoms with Crippen molar-refractivity contribution in [3.63, 3.8) is 0 Å². The van der Waals surface area contributed by atoms with E-state index >= 15 is 0 Å². The lowest BCUT2D eigenvalue weighted by molar-refractivity contribution is -0.208. The molecule has 7 heteroatoms. The summed E-state index contributed by atoms with van der Waals surface area (Å²) in [5.41, 5.74) is 0. The van der Waals surface area contributed by atoms with Crippen LogP contribution in [0.15, 0.2) is 0 Å². The van der Waals surface area contributed by atoms with Gasteiger partial charge < -0.3 is 15.5 Å². The average molecular weight is 353 g/mol. The zero-order chi connectivity index (χ0) is 18.2. The highest BCUT2D eigenvalue weighted by molar-refractivity contribution is 5.81. The summed E-state index contributed by atoms with van der Waals surface area (Å²) >= 11 is 0. The van der Waals surface area contributed by atoms with Crippen molar-refractivity contribution in [3.05, 3.63) is 0 Å². The van der Waals surface area contributed by atoms with E-state index in [0.29, 0.717) is 12.5 Å². The number of hydroxylamine groups is 2. The van der Waals surface area contributed by atoms with Crippen molar-refractivity contribution in [2.75, 3.05) is 26.2 Å². The van der Waals surface area contributed by atoms with Gasteiger partial charge >= 0.3 is 5.97 Å². The number of amides is 2. The number of rotatable bonds is 7. The van der Waals surface area contributed by atoms with Gasteiger partial charge in [0.25, 0.3) is 5.91 Å². The van der Waals surface area contributed by atoms with Crippen LogP contribution in [0.5, 0.6) is 0 Å². The average Bonchev–Trinajstić information content (AvgIpc) is 2.61. The lowest BCUT2D eigenvalue weighted by Gasteiger charge is -2.32. The molecule has 0 aromatic rings. The Morgan fingerprint density at radius 2 is 2.00 bits per heavy atom. The van der Waals surface area contributed by atoms with E-state index in [-0.39, 0.29) is 24.3 Å². The van der Waals surface area contributed by atoms with Gasteiger partial charge in [-0.15, -0.1) is 0 Å². The summed E-state index contributed by atoms with van der Waals surface area (Å²) in [6.07, 6.45) is 6.04. The van der Waals surface area contributed by atoms with Gasteiger partial charge in [-0.2, -0.15) is 5.06 Å². The molecule has 0 aromatic carbocycles. The molecule has 2 heterocycles. The fourth-order valence-electron chi connectivity index (χ4n) is 3.46. The zero-order valence-electron chi connectivity index (χ0n) is 15.4. The van der Waals surface area contributed by atoms with E-state index in [1.165, 1.54) is 24.8 Å². The quantitative estimate of drug-likeness (QED) is 0.719. The van der Waals surface area contributed by atoms with Crippen molar-refractivity contribution in [1.82, 2.24) is 15.7 Å². The fourth-order valence-corrected chi connectivity index (χ4v) is 3.46. The first kappa shape index (κ1) is 19.7. The molecule has 2 rings (SSSR count). The molecule has 0 saturated carbocycles. The molecule has 1 unspecified atom stereocenters. The smallest absolute Gasteiger partial charge is 0.337 e. The molecule has 142 valence electrons. The molecule has 7 nitrogen and oxygen atoms in total. The predicted molar refractivity (Wildman–Crippen MR) is 93.2 cm³/mol. The van der Waals surface area contributed by atoms with Crippen molar-refractivity contribution < 1.29 is 19.2 Å². The van der Waals surface area contributed by atoms with Crippen LogP contribution >= 0.6 is 0 Å². The van der Waals surface area contributed by atoms with Crippen LogP contribution < -0.4 is 10.6 Å². The first-order valence-electron chi connectivity index (χ1n) is 9.45. The molecular weight excluding hydrogens is 322 g/mol. The fraction of sp³-hybridized carbons (Fsp3) is 0.833. The summed E-state index contributed by atoms with van der Waals surface area (Å²) in [6, 6.07) is 0. The van der Waals surface area contributed by atoms with Crippen molar-refractivity contribution in [2.45, 2.75) is 52.4 Å². The van der Waals surface area contributed by atoms with Crippen LogP contribution in [0.2, 0.25) is 0 Å². The Hall–Kier alpha value is -1.63. The Morgan fingerprint density at radius 1 is 1.28 bits per heavy atom. The third kappa shape index (κ3) is 6.30. The molecule has 2 amide bonds. The van der Waals surface area contributed by atoms with Crippen LogP contribution in [0.1, 0.15) is 52.4 Å². The van der Waals surface area contributed by atoms with E-state index in [9.17, 15) is 14.4 Å². The summed E-state index contributed by atoms with van der Waals surface area (Å²) in [7, 11) is 0. The molecule has 0 spiro atoms. The van der Waals surface area contributed by atoms with E-state index in [4.69, 9.17) is 4.84 Å². The van der Waals surface area contributed by atoms with Gasteiger partial charge in [-0.25, -0.2) is 4.79 Å². The van der Waals surface area contributed by atoms with Gasteiger partial charge in [0.2, 0.25) is 5.91 Å². The minimum absolute atomic E-state index is 0.0397. The van der Waals surface area contributed by atoms with Gasteiger partial charge in [0, 0.05) is 19.4 Å². The second-order valence-corrected chi connectivity index (χ2v) is 7.30. The van der Waals surface area contributed by atoms with E-state index < -0.39 is 11.9 Å².